The minimum atomic E-state index is -0.768. The number of carbonyl (C=O) groups is 2. The van der Waals surface area contributed by atoms with Gasteiger partial charge in [-0.25, -0.2) is 0 Å². The summed E-state index contributed by atoms with van der Waals surface area (Å²) in [6.07, 6.45) is 0.379. The Kier molecular flexibility index (Phi) is 3.44. The third kappa shape index (κ3) is 2.13. The van der Waals surface area contributed by atoms with Gasteiger partial charge in [-0.3, -0.25) is 9.59 Å². The molecule has 2 amide bonds. The fourth-order valence-electron chi connectivity index (χ4n) is 3.78. The average molecular weight is 311 g/mol. The maximum atomic E-state index is 12.8. The lowest BCUT2D eigenvalue weighted by Crippen LogP contribution is -2.60. The van der Waals surface area contributed by atoms with Gasteiger partial charge in [0.15, 0.2) is 0 Å². The van der Waals surface area contributed by atoms with Crippen molar-refractivity contribution in [2.75, 3.05) is 7.05 Å². The fourth-order valence-corrected chi connectivity index (χ4v) is 3.78. The lowest BCUT2D eigenvalue weighted by Gasteiger charge is -2.42. The van der Waals surface area contributed by atoms with Gasteiger partial charge in [-0.15, -0.1) is 0 Å². The number of rotatable bonds is 1. The van der Waals surface area contributed by atoms with E-state index in [1.54, 1.807) is 18.9 Å². The van der Waals surface area contributed by atoms with Crippen LogP contribution in [0.1, 0.15) is 37.4 Å². The molecule has 1 aromatic carbocycles. The maximum Gasteiger partial charge on any atom is 0.246 e. The second-order valence-electron chi connectivity index (χ2n) is 6.93. The number of benzene rings is 1. The van der Waals surface area contributed by atoms with Crippen LogP contribution >= 0.6 is 0 Å². The Hall–Kier alpha value is -2.35. The van der Waals surface area contributed by atoms with Crippen LogP contribution in [-0.2, 0) is 9.59 Å². The first-order chi connectivity index (χ1) is 10.8. The molecule has 3 rings (SSSR count). The molecular formula is C18H21N3O2. The molecule has 0 saturated carbocycles. The third-order valence-electron chi connectivity index (χ3n) is 5.31. The Morgan fingerprint density at radius 2 is 1.83 bits per heavy atom. The first-order valence-electron chi connectivity index (χ1n) is 7.87. The minimum Gasteiger partial charge on any atom is -0.332 e. The molecular weight excluding hydrogens is 290 g/mol. The van der Waals surface area contributed by atoms with Crippen molar-refractivity contribution in [3.05, 3.63) is 35.4 Å². The van der Waals surface area contributed by atoms with E-state index in [1.165, 1.54) is 4.90 Å². The summed E-state index contributed by atoms with van der Waals surface area (Å²) in [4.78, 5) is 28.6. The van der Waals surface area contributed by atoms with Gasteiger partial charge in [0.05, 0.1) is 17.5 Å². The number of fused-ring (bicyclic) bond motifs is 1. The van der Waals surface area contributed by atoms with E-state index >= 15 is 0 Å². The number of nitriles is 1. The predicted molar refractivity (Wildman–Crippen MR) is 85.1 cm³/mol. The highest BCUT2D eigenvalue weighted by atomic mass is 16.2. The monoisotopic (exact) mass is 311 g/mol. The zero-order valence-electron chi connectivity index (χ0n) is 13.9. The Bertz CT molecular complexity index is 706. The molecule has 0 N–H and O–H groups in total. The molecule has 2 saturated heterocycles. The molecule has 2 heterocycles. The Morgan fingerprint density at radius 1 is 1.22 bits per heavy atom. The molecule has 0 radical (unpaired) electrons. The number of piperazine rings is 1. The highest BCUT2D eigenvalue weighted by molar-refractivity contribution is 5.97. The van der Waals surface area contributed by atoms with E-state index in [4.69, 9.17) is 0 Å². The van der Waals surface area contributed by atoms with Crippen LogP contribution in [-0.4, -0.2) is 40.7 Å². The van der Waals surface area contributed by atoms with Crippen molar-refractivity contribution in [2.45, 2.75) is 45.3 Å². The Labute approximate surface area is 136 Å². The summed E-state index contributed by atoms with van der Waals surface area (Å²) < 4.78 is 0. The molecule has 2 fully saturated rings. The van der Waals surface area contributed by atoms with Gasteiger partial charge in [0.25, 0.3) is 0 Å². The summed E-state index contributed by atoms with van der Waals surface area (Å²) >= 11 is 0. The topological polar surface area (TPSA) is 64.4 Å². The molecule has 120 valence electrons. The molecule has 1 aromatic rings. The van der Waals surface area contributed by atoms with Crippen LogP contribution in [0.25, 0.3) is 0 Å². The van der Waals surface area contributed by atoms with Gasteiger partial charge in [-0.2, -0.15) is 5.26 Å². The molecule has 0 spiro atoms. The van der Waals surface area contributed by atoms with Crippen LogP contribution in [0.2, 0.25) is 0 Å². The van der Waals surface area contributed by atoms with Crippen molar-refractivity contribution in [1.82, 2.24) is 9.80 Å². The van der Waals surface area contributed by atoms with E-state index in [1.807, 2.05) is 38.1 Å². The zero-order chi connectivity index (χ0) is 16.9. The smallest absolute Gasteiger partial charge is 0.246 e. The lowest BCUT2D eigenvalue weighted by molar-refractivity contribution is -0.159. The van der Waals surface area contributed by atoms with Crippen LogP contribution in [0.4, 0.5) is 0 Å². The van der Waals surface area contributed by atoms with Crippen LogP contribution in [0.3, 0.4) is 0 Å². The first kappa shape index (κ1) is 15.5. The van der Waals surface area contributed by atoms with Gasteiger partial charge in [-0.1, -0.05) is 29.8 Å². The predicted octanol–water partition coefficient (Wildman–Crippen LogP) is 2.03. The van der Waals surface area contributed by atoms with Crippen LogP contribution in [0.15, 0.2) is 24.3 Å². The summed E-state index contributed by atoms with van der Waals surface area (Å²) in [5.41, 5.74) is 1.27. The van der Waals surface area contributed by atoms with Gasteiger partial charge in [0, 0.05) is 7.05 Å². The number of amides is 2. The fraction of sp³-hybridized carbons (Fsp3) is 0.500. The SMILES string of the molecule is Cc1ccc([C@@H]2N3C(=O)[C@@H](C)N(C)C(=O)[C@@H]3C[C@]2(C)C#N)cc1. The van der Waals surface area contributed by atoms with Crippen molar-refractivity contribution in [1.29, 1.82) is 5.26 Å². The van der Waals surface area contributed by atoms with E-state index in [9.17, 15) is 14.9 Å². The molecule has 0 unspecified atom stereocenters. The number of aryl methyl sites for hydroxylation is 1. The number of nitrogens with zero attached hydrogens (tertiary/aromatic N) is 3. The normalized spacial score (nSPS) is 33.6. The number of hydrogen-bond acceptors (Lipinski definition) is 3. The second-order valence-corrected chi connectivity index (χ2v) is 6.93. The second kappa shape index (κ2) is 5.09. The number of hydrogen-bond donors (Lipinski definition) is 0. The summed E-state index contributed by atoms with van der Waals surface area (Å²) in [5, 5.41) is 9.75. The largest absolute Gasteiger partial charge is 0.332 e. The van der Waals surface area contributed by atoms with Gasteiger partial charge in [-0.05, 0) is 32.8 Å². The summed E-state index contributed by atoms with van der Waals surface area (Å²) in [6.45, 7) is 5.59. The highest BCUT2D eigenvalue weighted by Gasteiger charge is 2.58. The molecule has 5 nitrogen and oxygen atoms in total. The Balaban J connectivity index is 2.12. The molecule has 0 aromatic heterocycles. The van der Waals surface area contributed by atoms with Crippen molar-refractivity contribution < 1.29 is 9.59 Å². The summed E-state index contributed by atoms with van der Waals surface area (Å²) in [6, 6.07) is 8.82. The first-order valence-corrected chi connectivity index (χ1v) is 7.87. The molecule has 2 aliphatic heterocycles. The van der Waals surface area contributed by atoms with E-state index < -0.39 is 17.5 Å². The molecule has 5 heteroatoms. The van der Waals surface area contributed by atoms with Gasteiger partial charge < -0.3 is 9.80 Å². The number of carbonyl (C=O) groups excluding carboxylic acids is 2. The molecule has 2 aliphatic rings. The van der Waals surface area contributed by atoms with E-state index in [0.29, 0.717) is 6.42 Å². The highest BCUT2D eigenvalue weighted by Crippen LogP contribution is 2.51. The molecule has 4 atom stereocenters. The average Bonchev–Trinajstić information content (AvgIpc) is 2.86. The summed E-state index contributed by atoms with van der Waals surface area (Å²) in [7, 11) is 1.66. The lowest BCUT2D eigenvalue weighted by atomic mass is 9.79. The van der Waals surface area contributed by atoms with Crippen molar-refractivity contribution >= 4 is 11.8 Å². The van der Waals surface area contributed by atoms with E-state index in [2.05, 4.69) is 6.07 Å². The van der Waals surface area contributed by atoms with Crippen molar-refractivity contribution in [3.8, 4) is 6.07 Å². The number of likely N-dealkylation sites (N-methyl/N-ethyl adjacent to an activating group) is 1. The van der Waals surface area contributed by atoms with Gasteiger partial charge >= 0.3 is 0 Å². The van der Waals surface area contributed by atoms with Crippen LogP contribution in [0.5, 0.6) is 0 Å². The zero-order valence-corrected chi connectivity index (χ0v) is 13.9. The van der Waals surface area contributed by atoms with E-state index in [0.717, 1.165) is 11.1 Å². The van der Waals surface area contributed by atoms with Gasteiger partial charge in [0.1, 0.15) is 12.1 Å². The van der Waals surface area contributed by atoms with Crippen LogP contribution < -0.4 is 0 Å². The van der Waals surface area contributed by atoms with Crippen molar-refractivity contribution in [2.24, 2.45) is 5.41 Å². The minimum absolute atomic E-state index is 0.0758. The van der Waals surface area contributed by atoms with E-state index in [-0.39, 0.29) is 17.9 Å². The van der Waals surface area contributed by atoms with Crippen molar-refractivity contribution in [3.63, 3.8) is 0 Å². The quantitative estimate of drug-likeness (QED) is 0.797. The standard InChI is InChI=1S/C18H21N3O2/c1-11-5-7-13(8-6-11)15-18(3,10-19)9-14-17(23)20(4)12(2)16(22)21(14)15/h5-8,12,14-15H,9H2,1-4H3/t12-,14+,15+,18-/m1/s1. The molecule has 23 heavy (non-hydrogen) atoms. The Morgan fingerprint density at radius 3 is 2.39 bits per heavy atom. The molecule has 0 bridgehead atoms. The maximum absolute atomic E-state index is 12.8. The summed E-state index contributed by atoms with van der Waals surface area (Å²) in [5.74, 6) is -0.158. The molecule has 0 aliphatic carbocycles. The van der Waals surface area contributed by atoms with Crippen LogP contribution in [0, 0.1) is 23.7 Å². The third-order valence-corrected chi connectivity index (χ3v) is 5.31. The van der Waals surface area contributed by atoms with Gasteiger partial charge in [0.2, 0.25) is 11.8 Å².